The Hall–Kier alpha value is -1.96. The first kappa shape index (κ1) is 19.1. The summed E-state index contributed by atoms with van der Waals surface area (Å²) in [5.41, 5.74) is 21.9. The molecule has 0 fully saturated rings. The molecule has 4 N–H and O–H groups in total. The summed E-state index contributed by atoms with van der Waals surface area (Å²) >= 11 is 0. The van der Waals surface area contributed by atoms with Crippen LogP contribution in [0.2, 0.25) is 0 Å². The van der Waals surface area contributed by atoms with Gasteiger partial charge < -0.3 is 11.5 Å². The topological polar surface area (TPSA) is 52.0 Å². The Morgan fingerprint density at radius 1 is 0.565 bits per heavy atom. The molecule has 0 aromatic heterocycles. The van der Waals surface area contributed by atoms with Gasteiger partial charge in [0.15, 0.2) is 0 Å². The highest BCUT2D eigenvalue weighted by atomic mass is 14.6. The lowest BCUT2D eigenvalue weighted by atomic mass is 9.92. The summed E-state index contributed by atoms with van der Waals surface area (Å²) in [6.07, 6.45) is 3.84. The second kappa shape index (κ2) is 8.05. The minimum Gasteiger partial charge on any atom is -0.398 e. The summed E-state index contributed by atoms with van der Waals surface area (Å²) in [4.78, 5) is 0. The Balaban J connectivity index is 0.00000264. The van der Waals surface area contributed by atoms with Crippen molar-refractivity contribution in [2.45, 2.75) is 60.8 Å². The first-order chi connectivity index (χ1) is 10.5. The number of aryl methyl sites for hydroxylation is 4. The zero-order valence-corrected chi connectivity index (χ0v) is 14.3. The molecule has 0 amide bonds. The van der Waals surface area contributed by atoms with Crippen molar-refractivity contribution in [3.05, 3.63) is 46.5 Å². The normalized spacial score (nSPS) is 10.4. The fourth-order valence-corrected chi connectivity index (χ4v) is 3.06. The number of benzene rings is 2. The molecule has 0 spiro atoms. The van der Waals surface area contributed by atoms with E-state index in [4.69, 9.17) is 11.5 Å². The van der Waals surface area contributed by atoms with Crippen LogP contribution in [0.1, 0.15) is 57.4 Å². The zero-order valence-electron chi connectivity index (χ0n) is 14.3. The second-order valence-electron chi connectivity index (χ2n) is 5.83. The van der Waals surface area contributed by atoms with E-state index in [-0.39, 0.29) is 7.43 Å². The summed E-state index contributed by atoms with van der Waals surface area (Å²) in [5.74, 6) is 0. The van der Waals surface area contributed by atoms with E-state index in [0.717, 1.165) is 37.1 Å². The molecule has 0 bridgehead atoms. The molecule has 0 saturated carbocycles. The standard InChI is InChI=1S/C20H28N2.CH4/c1-5-13-9-17(10-14(6-2)19(13)21)18-11-15(7-3)20(22)16(8-4)12-18;/h9-12H,5-8,21-22H2,1-4H3;1H4. The molecular weight excluding hydrogens is 280 g/mol. The highest BCUT2D eigenvalue weighted by Crippen LogP contribution is 2.32. The van der Waals surface area contributed by atoms with Gasteiger partial charge in [0.25, 0.3) is 0 Å². The van der Waals surface area contributed by atoms with Gasteiger partial charge in [-0.2, -0.15) is 0 Å². The molecule has 0 unspecified atom stereocenters. The number of nitrogen functional groups attached to an aromatic ring is 2. The fraction of sp³-hybridized carbons (Fsp3) is 0.429. The maximum Gasteiger partial charge on any atom is 0.0379 e. The van der Waals surface area contributed by atoms with Gasteiger partial charge >= 0.3 is 0 Å². The molecule has 0 saturated heterocycles. The molecule has 0 radical (unpaired) electrons. The van der Waals surface area contributed by atoms with Crippen LogP contribution in [0.3, 0.4) is 0 Å². The lowest BCUT2D eigenvalue weighted by Crippen LogP contribution is -2.02. The maximum atomic E-state index is 6.27. The van der Waals surface area contributed by atoms with Crippen molar-refractivity contribution in [1.82, 2.24) is 0 Å². The van der Waals surface area contributed by atoms with Crippen LogP contribution >= 0.6 is 0 Å². The molecule has 0 aliphatic heterocycles. The predicted octanol–water partition coefficient (Wildman–Crippen LogP) is 5.40. The van der Waals surface area contributed by atoms with Gasteiger partial charge in [-0.25, -0.2) is 0 Å². The molecule has 0 heterocycles. The average molecular weight is 313 g/mol. The lowest BCUT2D eigenvalue weighted by molar-refractivity contribution is 1.09. The van der Waals surface area contributed by atoms with Gasteiger partial charge in [-0.15, -0.1) is 0 Å². The molecule has 2 aromatic carbocycles. The molecule has 2 nitrogen and oxygen atoms in total. The summed E-state index contributed by atoms with van der Waals surface area (Å²) < 4.78 is 0. The largest absolute Gasteiger partial charge is 0.398 e. The Kier molecular flexibility index (Phi) is 6.68. The molecule has 2 aromatic rings. The van der Waals surface area contributed by atoms with Crippen LogP contribution in [-0.2, 0) is 25.7 Å². The van der Waals surface area contributed by atoms with Gasteiger partial charge in [0.05, 0.1) is 0 Å². The molecule has 23 heavy (non-hydrogen) atoms. The van der Waals surface area contributed by atoms with Crippen LogP contribution in [0.25, 0.3) is 11.1 Å². The van der Waals surface area contributed by atoms with Gasteiger partial charge in [-0.05, 0) is 83.3 Å². The molecule has 0 atom stereocenters. The molecule has 0 aliphatic rings. The average Bonchev–Trinajstić information content (AvgIpc) is 2.55. The van der Waals surface area contributed by atoms with E-state index in [1.807, 2.05) is 0 Å². The Morgan fingerprint density at radius 2 is 0.783 bits per heavy atom. The minimum absolute atomic E-state index is 0. The number of rotatable bonds is 5. The van der Waals surface area contributed by atoms with E-state index < -0.39 is 0 Å². The molecular formula is C21H32N2. The van der Waals surface area contributed by atoms with Gasteiger partial charge in [0, 0.05) is 11.4 Å². The smallest absolute Gasteiger partial charge is 0.0379 e. The van der Waals surface area contributed by atoms with Crippen LogP contribution < -0.4 is 11.5 Å². The third kappa shape index (κ3) is 3.69. The van der Waals surface area contributed by atoms with E-state index >= 15 is 0 Å². The van der Waals surface area contributed by atoms with E-state index in [1.165, 1.54) is 33.4 Å². The van der Waals surface area contributed by atoms with E-state index in [9.17, 15) is 0 Å². The Bertz CT molecular complexity index is 562. The zero-order chi connectivity index (χ0) is 16.3. The first-order valence-corrected chi connectivity index (χ1v) is 8.38. The van der Waals surface area contributed by atoms with Crippen molar-refractivity contribution in [1.29, 1.82) is 0 Å². The van der Waals surface area contributed by atoms with Crippen molar-refractivity contribution in [3.63, 3.8) is 0 Å². The summed E-state index contributed by atoms with van der Waals surface area (Å²) in [7, 11) is 0. The third-order valence-corrected chi connectivity index (χ3v) is 4.56. The van der Waals surface area contributed by atoms with E-state index in [0.29, 0.717) is 0 Å². The summed E-state index contributed by atoms with van der Waals surface area (Å²) in [6, 6.07) is 8.94. The SMILES string of the molecule is C.CCc1cc(-c2cc(CC)c(N)c(CC)c2)cc(CC)c1N. The highest BCUT2D eigenvalue weighted by molar-refractivity contribution is 5.74. The van der Waals surface area contributed by atoms with Crippen LogP contribution in [0, 0.1) is 0 Å². The molecule has 126 valence electrons. The van der Waals surface area contributed by atoms with Crippen LogP contribution in [-0.4, -0.2) is 0 Å². The van der Waals surface area contributed by atoms with Gasteiger partial charge in [-0.3, -0.25) is 0 Å². The maximum absolute atomic E-state index is 6.27. The van der Waals surface area contributed by atoms with Gasteiger partial charge in [0.2, 0.25) is 0 Å². The number of hydrogen-bond donors (Lipinski definition) is 2. The van der Waals surface area contributed by atoms with Crippen molar-refractivity contribution >= 4 is 11.4 Å². The Labute approximate surface area is 141 Å². The van der Waals surface area contributed by atoms with Gasteiger partial charge in [0.1, 0.15) is 0 Å². The lowest BCUT2D eigenvalue weighted by Gasteiger charge is -2.16. The van der Waals surface area contributed by atoms with Crippen molar-refractivity contribution in [3.8, 4) is 11.1 Å². The monoisotopic (exact) mass is 312 g/mol. The number of nitrogens with two attached hydrogens (primary N) is 2. The summed E-state index contributed by atoms with van der Waals surface area (Å²) in [6.45, 7) is 8.64. The van der Waals surface area contributed by atoms with E-state index in [1.54, 1.807) is 0 Å². The second-order valence-corrected chi connectivity index (χ2v) is 5.83. The van der Waals surface area contributed by atoms with Crippen molar-refractivity contribution in [2.24, 2.45) is 0 Å². The van der Waals surface area contributed by atoms with Crippen molar-refractivity contribution < 1.29 is 0 Å². The number of anilines is 2. The third-order valence-electron chi connectivity index (χ3n) is 4.56. The van der Waals surface area contributed by atoms with E-state index in [2.05, 4.69) is 52.0 Å². The molecule has 0 aliphatic carbocycles. The highest BCUT2D eigenvalue weighted by Gasteiger charge is 2.11. The fourth-order valence-electron chi connectivity index (χ4n) is 3.06. The number of hydrogen-bond acceptors (Lipinski definition) is 2. The minimum atomic E-state index is 0. The Morgan fingerprint density at radius 3 is 0.957 bits per heavy atom. The quantitative estimate of drug-likeness (QED) is 0.726. The van der Waals surface area contributed by atoms with Gasteiger partial charge in [-0.1, -0.05) is 35.1 Å². The van der Waals surface area contributed by atoms with Crippen LogP contribution in [0.15, 0.2) is 24.3 Å². The van der Waals surface area contributed by atoms with Crippen LogP contribution in [0.5, 0.6) is 0 Å². The summed E-state index contributed by atoms with van der Waals surface area (Å²) in [5, 5.41) is 0. The molecule has 2 heteroatoms. The van der Waals surface area contributed by atoms with Crippen molar-refractivity contribution in [2.75, 3.05) is 11.5 Å². The molecule has 2 rings (SSSR count). The predicted molar refractivity (Wildman–Crippen MR) is 105 cm³/mol. The van der Waals surface area contributed by atoms with Crippen LogP contribution in [0.4, 0.5) is 11.4 Å². The first-order valence-electron chi connectivity index (χ1n) is 8.38.